The first-order valence-electron chi connectivity index (χ1n) is 6.92. The van der Waals surface area contributed by atoms with Gasteiger partial charge in [-0.15, -0.1) is 0 Å². The molecule has 0 radical (unpaired) electrons. The quantitative estimate of drug-likeness (QED) is 0.885. The number of methoxy groups -OCH3 is 1. The number of benzene rings is 2. The zero-order valence-corrected chi connectivity index (χ0v) is 12.0. The number of fused-ring (bicyclic) bond motifs is 1. The van der Waals surface area contributed by atoms with E-state index in [1.165, 1.54) is 16.3 Å². The van der Waals surface area contributed by atoms with Gasteiger partial charge in [0.05, 0.1) is 7.11 Å². The van der Waals surface area contributed by atoms with Crippen LogP contribution in [-0.2, 0) is 6.42 Å². The lowest BCUT2D eigenvalue weighted by Gasteiger charge is -2.16. The summed E-state index contributed by atoms with van der Waals surface area (Å²) in [7, 11) is 1.71. The Morgan fingerprint density at radius 2 is 1.74 bits per heavy atom. The molecule has 0 spiro atoms. The van der Waals surface area contributed by atoms with Crippen LogP contribution in [0.3, 0.4) is 0 Å². The van der Waals surface area contributed by atoms with E-state index in [1.54, 1.807) is 7.11 Å². The first kappa shape index (κ1) is 13.9. The van der Waals surface area contributed by atoms with E-state index in [0.717, 1.165) is 18.6 Å². The van der Waals surface area contributed by atoms with E-state index in [4.69, 9.17) is 10.5 Å². The normalized spacial score (nSPS) is 12.9. The van der Waals surface area contributed by atoms with Gasteiger partial charge in [-0.2, -0.15) is 0 Å². The summed E-state index contributed by atoms with van der Waals surface area (Å²) in [5, 5.41) is 2.42. The molecule has 0 aliphatic heterocycles. The molecule has 0 amide bonds. The Bertz CT molecular complexity index is 548. The average Bonchev–Trinajstić information content (AvgIpc) is 2.38. The summed E-state index contributed by atoms with van der Waals surface area (Å²) in [5.74, 6) is 1.57. The van der Waals surface area contributed by atoms with Crippen molar-refractivity contribution in [3.05, 3.63) is 42.0 Å². The molecule has 0 saturated heterocycles. The Morgan fingerprint density at radius 1 is 1.05 bits per heavy atom. The maximum absolute atomic E-state index is 6.24. The number of rotatable bonds is 5. The van der Waals surface area contributed by atoms with E-state index in [0.29, 0.717) is 5.92 Å². The van der Waals surface area contributed by atoms with Gasteiger partial charge in [0, 0.05) is 11.4 Å². The van der Waals surface area contributed by atoms with Gasteiger partial charge >= 0.3 is 0 Å². The van der Waals surface area contributed by atoms with Crippen LogP contribution in [0.1, 0.15) is 25.8 Å². The molecule has 0 heterocycles. The summed E-state index contributed by atoms with van der Waals surface area (Å²) in [6, 6.07) is 12.8. The van der Waals surface area contributed by atoms with Crippen LogP contribution in [0.15, 0.2) is 36.4 Å². The maximum Gasteiger partial charge on any atom is 0.126 e. The smallest absolute Gasteiger partial charge is 0.126 e. The summed E-state index contributed by atoms with van der Waals surface area (Å²) in [5.41, 5.74) is 7.55. The topological polar surface area (TPSA) is 35.2 Å². The van der Waals surface area contributed by atoms with Crippen molar-refractivity contribution >= 4 is 10.8 Å². The van der Waals surface area contributed by atoms with Crippen LogP contribution in [0, 0.1) is 5.92 Å². The third kappa shape index (κ3) is 3.27. The minimum atomic E-state index is 0.219. The monoisotopic (exact) mass is 257 g/mol. The molecule has 0 fully saturated rings. The fourth-order valence-corrected chi connectivity index (χ4v) is 2.66. The number of nitrogens with two attached hydrogens (primary N) is 1. The van der Waals surface area contributed by atoms with Gasteiger partial charge in [0.2, 0.25) is 0 Å². The van der Waals surface area contributed by atoms with Gasteiger partial charge in [-0.05, 0) is 35.8 Å². The Morgan fingerprint density at radius 3 is 2.37 bits per heavy atom. The zero-order valence-electron chi connectivity index (χ0n) is 12.0. The first-order chi connectivity index (χ1) is 9.11. The van der Waals surface area contributed by atoms with Crippen molar-refractivity contribution in [2.45, 2.75) is 32.7 Å². The molecule has 2 heteroatoms. The van der Waals surface area contributed by atoms with E-state index < -0.39 is 0 Å². The van der Waals surface area contributed by atoms with E-state index in [-0.39, 0.29) is 6.04 Å². The molecule has 0 aliphatic rings. The summed E-state index contributed by atoms with van der Waals surface area (Å²) < 4.78 is 5.42. The molecular weight excluding hydrogens is 234 g/mol. The van der Waals surface area contributed by atoms with E-state index >= 15 is 0 Å². The van der Waals surface area contributed by atoms with Crippen molar-refractivity contribution in [1.29, 1.82) is 0 Å². The molecule has 0 bridgehead atoms. The van der Waals surface area contributed by atoms with Crippen molar-refractivity contribution < 1.29 is 4.74 Å². The first-order valence-corrected chi connectivity index (χ1v) is 6.92. The van der Waals surface area contributed by atoms with Crippen LogP contribution < -0.4 is 10.5 Å². The third-order valence-electron chi connectivity index (χ3n) is 3.45. The van der Waals surface area contributed by atoms with Gasteiger partial charge in [-0.25, -0.2) is 0 Å². The number of hydrogen-bond acceptors (Lipinski definition) is 2. The van der Waals surface area contributed by atoms with E-state index in [1.807, 2.05) is 12.1 Å². The molecule has 2 nitrogen and oxygen atoms in total. The Hall–Kier alpha value is -1.54. The highest BCUT2D eigenvalue weighted by atomic mass is 16.5. The molecule has 19 heavy (non-hydrogen) atoms. The van der Waals surface area contributed by atoms with Gasteiger partial charge in [0.15, 0.2) is 0 Å². The molecule has 1 unspecified atom stereocenters. The van der Waals surface area contributed by atoms with Crippen LogP contribution in [-0.4, -0.2) is 13.2 Å². The van der Waals surface area contributed by atoms with E-state index in [9.17, 15) is 0 Å². The summed E-state index contributed by atoms with van der Waals surface area (Å²) in [4.78, 5) is 0. The summed E-state index contributed by atoms with van der Waals surface area (Å²) in [6.07, 6.45) is 1.98. The van der Waals surface area contributed by atoms with Crippen LogP contribution in [0.5, 0.6) is 5.75 Å². The van der Waals surface area contributed by atoms with Crippen LogP contribution in [0.2, 0.25) is 0 Å². The Kier molecular flexibility index (Phi) is 4.43. The van der Waals surface area contributed by atoms with Crippen molar-refractivity contribution in [2.24, 2.45) is 11.7 Å². The molecule has 2 N–H and O–H groups in total. The summed E-state index contributed by atoms with van der Waals surface area (Å²) in [6.45, 7) is 4.43. The highest BCUT2D eigenvalue weighted by Gasteiger charge is 2.11. The molecular formula is C17H23NO. The molecule has 2 aromatic rings. The van der Waals surface area contributed by atoms with Crippen molar-refractivity contribution in [2.75, 3.05) is 7.11 Å². The zero-order chi connectivity index (χ0) is 13.8. The molecule has 2 rings (SSSR count). The van der Waals surface area contributed by atoms with Crippen molar-refractivity contribution in [3.63, 3.8) is 0 Å². The minimum absolute atomic E-state index is 0.219. The third-order valence-corrected chi connectivity index (χ3v) is 3.45. The standard InChI is InChI=1S/C17H23NO/c1-12(2)10-14(18)11-13-8-9-17(19-3)16-7-5-4-6-15(13)16/h4-9,12,14H,10-11,18H2,1-3H3. The molecule has 1 atom stereocenters. The van der Waals surface area contributed by atoms with Crippen molar-refractivity contribution in [1.82, 2.24) is 0 Å². The SMILES string of the molecule is COc1ccc(CC(N)CC(C)C)c2ccccc12. The predicted octanol–water partition coefficient (Wildman–Crippen LogP) is 3.76. The Balaban J connectivity index is 2.34. The maximum atomic E-state index is 6.24. The molecule has 0 aliphatic carbocycles. The van der Waals surface area contributed by atoms with E-state index in [2.05, 4.69) is 38.1 Å². The largest absolute Gasteiger partial charge is 0.496 e. The highest BCUT2D eigenvalue weighted by molar-refractivity contribution is 5.91. The number of hydrogen-bond donors (Lipinski definition) is 1. The molecule has 2 aromatic carbocycles. The predicted molar refractivity (Wildman–Crippen MR) is 81.6 cm³/mol. The molecule has 0 aromatic heterocycles. The van der Waals surface area contributed by atoms with Crippen LogP contribution in [0.25, 0.3) is 10.8 Å². The second-order valence-corrected chi connectivity index (χ2v) is 5.57. The van der Waals surface area contributed by atoms with Gasteiger partial charge in [0.25, 0.3) is 0 Å². The van der Waals surface area contributed by atoms with Gasteiger partial charge in [0.1, 0.15) is 5.75 Å². The lowest BCUT2D eigenvalue weighted by atomic mass is 9.94. The lowest BCUT2D eigenvalue weighted by molar-refractivity contribution is 0.419. The highest BCUT2D eigenvalue weighted by Crippen LogP contribution is 2.29. The number of ether oxygens (including phenoxy) is 1. The lowest BCUT2D eigenvalue weighted by Crippen LogP contribution is -2.24. The van der Waals surface area contributed by atoms with Gasteiger partial charge in [-0.3, -0.25) is 0 Å². The molecule has 0 saturated carbocycles. The second kappa shape index (κ2) is 6.07. The second-order valence-electron chi connectivity index (χ2n) is 5.57. The minimum Gasteiger partial charge on any atom is -0.496 e. The fraction of sp³-hybridized carbons (Fsp3) is 0.412. The van der Waals surface area contributed by atoms with Crippen LogP contribution in [0.4, 0.5) is 0 Å². The van der Waals surface area contributed by atoms with Gasteiger partial charge < -0.3 is 10.5 Å². The summed E-state index contributed by atoms with van der Waals surface area (Å²) >= 11 is 0. The average molecular weight is 257 g/mol. The van der Waals surface area contributed by atoms with Gasteiger partial charge in [-0.1, -0.05) is 44.2 Å². The van der Waals surface area contributed by atoms with Crippen molar-refractivity contribution in [3.8, 4) is 5.75 Å². The molecule has 102 valence electrons. The fourth-order valence-electron chi connectivity index (χ4n) is 2.66. The Labute approximate surface area is 115 Å². The van der Waals surface area contributed by atoms with Crippen LogP contribution >= 0.6 is 0 Å².